The highest BCUT2D eigenvalue weighted by Crippen LogP contribution is 2.34. The van der Waals surface area contributed by atoms with E-state index in [1.165, 1.54) is 13.2 Å². The number of carboxylic acids is 1. The SMILES string of the molecule is COc1cc(N=[N+]=[N-])sc1C(=O)O. The summed E-state index contributed by atoms with van der Waals surface area (Å²) >= 11 is 0.872. The van der Waals surface area contributed by atoms with E-state index in [0.717, 1.165) is 11.3 Å². The lowest BCUT2D eigenvalue weighted by molar-refractivity contribution is 0.0699. The number of hydrogen-bond acceptors (Lipinski definition) is 4. The van der Waals surface area contributed by atoms with Gasteiger partial charge in [-0.25, -0.2) is 4.79 Å². The van der Waals surface area contributed by atoms with Crippen LogP contribution in [0.15, 0.2) is 11.2 Å². The molecule has 1 aromatic heterocycles. The molecule has 0 radical (unpaired) electrons. The second-order valence-electron chi connectivity index (χ2n) is 1.98. The second kappa shape index (κ2) is 3.79. The van der Waals surface area contributed by atoms with Gasteiger partial charge in [-0.15, -0.1) is 11.3 Å². The minimum atomic E-state index is -1.10. The third-order valence-corrected chi connectivity index (χ3v) is 2.23. The fraction of sp³-hybridized carbons (Fsp3) is 0.167. The molecule has 0 amide bonds. The molecule has 0 unspecified atom stereocenters. The Bertz CT molecular complexity index is 380. The molecule has 1 rings (SSSR count). The van der Waals surface area contributed by atoms with Gasteiger partial charge in [0, 0.05) is 11.0 Å². The summed E-state index contributed by atoms with van der Waals surface area (Å²) in [4.78, 5) is 13.2. The third kappa shape index (κ3) is 1.90. The van der Waals surface area contributed by atoms with Crippen LogP contribution >= 0.6 is 11.3 Å². The van der Waals surface area contributed by atoms with Gasteiger partial charge in [-0.2, -0.15) is 0 Å². The maximum Gasteiger partial charge on any atom is 0.349 e. The van der Waals surface area contributed by atoms with Gasteiger partial charge >= 0.3 is 5.97 Å². The Morgan fingerprint density at radius 3 is 2.92 bits per heavy atom. The lowest BCUT2D eigenvalue weighted by Crippen LogP contribution is -1.94. The molecular weight excluding hydrogens is 194 g/mol. The Balaban J connectivity index is 3.18. The third-order valence-electron chi connectivity index (χ3n) is 1.24. The van der Waals surface area contributed by atoms with Crippen LogP contribution < -0.4 is 4.74 Å². The fourth-order valence-electron chi connectivity index (χ4n) is 0.756. The van der Waals surface area contributed by atoms with E-state index in [0.29, 0.717) is 0 Å². The zero-order valence-electron chi connectivity index (χ0n) is 6.59. The lowest BCUT2D eigenvalue weighted by Gasteiger charge is -1.94. The number of azide groups is 1. The molecule has 0 aliphatic carbocycles. The number of aromatic carboxylic acids is 1. The van der Waals surface area contributed by atoms with Gasteiger partial charge in [0.15, 0.2) is 4.88 Å². The number of nitrogens with zero attached hydrogens (tertiary/aromatic N) is 3. The van der Waals surface area contributed by atoms with Gasteiger partial charge in [-0.05, 0) is 10.6 Å². The van der Waals surface area contributed by atoms with Gasteiger partial charge in [0.25, 0.3) is 0 Å². The Morgan fingerprint density at radius 1 is 1.85 bits per heavy atom. The zero-order chi connectivity index (χ0) is 9.84. The molecule has 0 spiro atoms. The molecule has 0 saturated carbocycles. The second-order valence-corrected chi connectivity index (χ2v) is 3.01. The van der Waals surface area contributed by atoms with Gasteiger partial charge in [0.2, 0.25) is 0 Å². The number of carboxylic acid groups (broad SMARTS) is 1. The van der Waals surface area contributed by atoms with Gasteiger partial charge in [-0.3, -0.25) is 0 Å². The Morgan fingerprint density at radius 2 is 2.54 bits per heavy atom. The maximum absolute atomic E-state index is 10.6. The van der Waals surface area contributed by atoms with Crippen molar-refractivity contribution >= 4 is 22.3 Å². The van der Waals surface area contributed by atoms with Crippen molar-refractivity contribution in [2.24, 2.45) is 5.11 Å². The summed E-state index contributed by atoms with van der Waals surface area (Å²) in [6.45, 7) is 0. The normalized spacial score (nSPS) is 9.00. The smallest absolute Gasteiger partial charge is 0.349 e. The standard InChI is InChI=1S/C6H5N3O3S/c1-12-3-2-4(8-9-7)13-5(3)6(10)11/h2H,1H3,(H,10,11). The van der Waals surface area contributed by atoms with E-state index >= 15 is 0 Å². The molecule has 1 heterocycles. The summed E-state index contributed by atoms with van der Waals surface area (Å²) in [6, 6.07) is 1.38. The quantitative estimate of drug-likeness (QED) is 0.459. The molecule has 0 aliphatic heterocycles. The van der Waals surface area contributed by atoms with Crippen LogP contribution in [0.3, 0.4) is 0 Å². The minimum absolute atomic E-state index is 0.0323. The lowest BCUT2D eigenvalue weighted by atomic mass is 10.4. The van der Waals surface area contributed by atoms with E-state index in [1.54, 1.807) is 0 Å². The molecule has 1 aromatic rings. The van der Waals surface area contributed by atoms with Crippen molar-refractivity contribution in [3.8, 4) is 5.75 Å². The van der Waals surface area contributed by atoms with E-state index < -0.39 is 5.97 Å². The summed E-state index contributed by atoms with van der Waals surface area (Å²) in [5.74, 6) is -0.888. The first-order valence-electron chi connectivity index (χ1n) is 3.15. The number of methoxy groups -OCH3 is 1. The summed E-state index contributed by atoms with van der Waals surface area (Å²) < 4.78 is 4.78. The molecule has 13 heavy (non-hydrogen) atoms. The van der Waals surface area contributed by atoms with E-state index in [9.17, 15) is 4.79 Å². The molecule has 0 saturated heterocycles. The Labute approximate surface area is 77.0 Å². The summed E-state index contributed by atoms with van der Waals surface area (Å²) in [5.41, 5.74) is 8.11. The molecule has 6 nitrogen and oxygen atoms in total. The first kappa shape index (κ1) is 9.37. The van der Waals surface area contributed by atoms with Crippen molar-refractivity contribution in [1.82, 2.24) is 0 Å². The van der Waals surface area contributed by atoms with Crippen molar-refractivity contribution in [3.05, 3.63) is 21.4 Å². The van der Waals surface area contributed by atoms with Gasteiger partial charge in [0.1, 0.15) is 5.75 Å². The van der Waals surface area contributed by atoms with Crippen molar-refractivity contribution in [2.45, 2.75) is 0 Å². The Hall–Kier alpha value is -1.72. The minimum Gasteiger partial charge on any atom is -0.495 e. The fourth-order valence-corrected chi connectivity index (χ4v) is 1.54. The molecule has 7 heteroatoms. The average molecular weight is 199 g/mol. The van der Waals surface area contributed by atoms with Crippen LogP contribution in [-0.4, -0.2) is 18.2 Å². The number of thiophene rings is 1. The van der Waals surface area contributed by atoms with Crippen molar-refractivity contribution in [1.29, 1.82) is 0 Å². The maximum atomic E-state index is 10.6. The predicted octanol–water partition coefficient (Wildman–Crippen LogP) is 2.40. The van der Waals surface area contributed by atoms with Crippen LogP contribution in [0, 0.1) is 0 Å². The van der Waals surface area contributed by atoms with Gasteiger partial charge in [-0.1, -0.05) is 0 Å². The van der Waals surface area contributed by atoms with Crippen LogP contribution in [0.5, 0.6) is 5.75 Å². The first-order chi connectivity index (χ1) is 6.19. The molecule has 68 valence electrons. The highest BCUT2D eigenvalue weighted by atomic mass is 32.1. The van der Waals surface area contributed by atoms with Crippen molar-refractivity contribution < 1.29 is 14.6 Å². The van der Waals surface area contributed by atoms with E-state index in [2.05, 4.69) is 10.0 Å². The molecule has 0 atom stereocenters. The van der Waals surface area contributed by atoms with Crippen LogP contribution in [0.4, 0.5) is 5.00 Å². The van der Waals surface area contributed by atoms with Crippen LogP contribution in [0.2, 0.25) is 0 Å². The highest BCUT2D eigenvalue weighted by molar-refractivity contribution is 7.17. The van der Waals surface area contributed by atoms with E-state index in [1.807, 2.05) is 0 Å². The molecular formula is C6H5N3O3S. The number of rotatable bonds is 3. The number of ether oxygens (including phenoxy) is 1. The van der Waals surface area contributed by atoms with Gasteiger partial charge < -0.3 is 9.84 Å². The molecule has 0 bridgehead atoms. The topological polar surface area (TPSA) is 95.3 Å². The van der Waals surface area contributed by atoms with Gasteiger partial charge in [0.05, 0.1) is 12.1 Å². The van der Waals surface area contributed by atoms with E-state index in [4.69, 9.17) is 15.4 Å². The molecule has 0 aromatic carbocycles. The number of hydrogen-bond donors (Lipinski definition) is 1. The summed E-state index contributed by atoms with van der Waals surface area (Å²) in [7, 11) is 1.36. The Kier molecular flexibility index (Phi) is 2.73. The van der Waals surface area contributed by atoms with Crippen molar-refractivity contribution in [2.75, 3.05) is 7.11 Å². The first-order valence-corrected chi connectivity index (χ1v) is 3.97. The van der Waals surface area contributed by atoms with Crippen LogP contribution in [0.25, 0.3) is 10.4 Å². The van der Waals surface area contributed by atoms with E-state index in [-0.39, 0.29) is 15.6 Å². The van der Waals surface area contributed by atoms with Crippen molar-refractivity contribution in [3.63, 3.8) is 0 Å². The largest absolute Gasteiger partial charge is 0.495 e. The number of carbonyl (C=O) groups is 1. The monoisotopic (exact) mass is 199 g/mol. The predicted molar refractivity (Wildman–Crippen MR) is 46.6 cm³/mol. The van der Waals surface area contributed by atoms with Crippen LogP contribution in [0.1, 0.15) is 9.67 Å². The van der Waals surface area contributed by atoms with Crippen LogP contribution in [-0.2, 0) is 0 Å². The molecule has 1 N–H and O–H groups in total. The summed E-state index contributed by atoms with van der Waals surface area (Å²) in [6.07, 6.45) is 0. The average Bonchev–Trinajstić information content (AvgIpc) is 2.48. The summed E-state index contributed by atoms with van der Waals surface area (Å²) in [5, 5.41) is 12.2. The molecule has 0 fully saturated rings. The zero-order valence-corrected chi connectivity index (χ0v) is 7.41. The molecule has 0 aliphatic rings. The highest BCUT2D eigenvalue weighted by Gasteiger charge is 2.14.